The van der Waals surface area contributed by atoms with Crippen molar-refractivity contribution in [3.8, 4) is 40.8 Å². The second-order valence-electron chi connectivity index (χ2n) is 9.55. The molecule has 1 N–H and O–H groups in total. The number of halogens is 2. The largest absolute Gasteiger partial charge is 0.496 e. The molecule has 1 aliphatic carbocycles. The highest BCUT2D eigenvalue weighted by Gasteiger charge is 2.29. The van der Waals surface area contributed by atoms with Crippen LogP contribution in [0.3, 0.4) is 0 Å². The molecule has 3 aromatic rings. The number of alkyl halides is 2. The van der Waals surface area contributed by atoms with E-state index in [0.717, 1.165) is 38.6 Å². The summed E-state index contributed by atoms with van der Waals surface area (Å²) in [5.41, 5.74) is 1.68. The average Bonchev–Trinajstić information content (AvgIpc) is 3.62. The van der Waals surface area contributed by atoms with Crippen LogP contribution in [0.15, 0.2) is 36.7 Å². The number of pyridine rings is 1. The Labute approximate surface area is 219 Å². The van der Waals surface area contributed by atoms with E-state index in [2.05, 4.69) is 21.1 Å². The Kier molecular flexibility index (Phi) is 7.65. The fourth-order valence-electron chi connectivity index (χ4n) is 4.83. The summed E-state index contributed by atoms with van der Waals surface area (Å²) in [6.45, 7) is -0.993. The van der Waals surface area contributed by atoms with E-state index >= 15 is 0 Å². The zero-order chi connectivity index (χ0) is 26.6. The van der Waals surface area contributed by atoms with Crippen molar-refractivity contribution in [2.45, 2.75) is 50.8 Å². The van der Waals surface area contributed by atoms with E-state index in [1.54, 1.807) is 18.5 Å². The van der Waals surface area contributed by atoms with Crippen molar-refractivity contribution in [3.05, 3.63) is 42.2 Å². The first-order chi connectivity index (χ1) is 18.5. The molecule has 1 amide bonds. The molecule has 1 saturated carbocycles. The molecule has 38 heavy (non-hydrogen) atoms. The van der Waals surface area contributed by atoms with E-state index in [1.165, 1.54) is 13.2 Å². The number of benzene rings is 1. The fraction of sp³-hybridized carbons (Fsp3) is 0.429. The van der Waals surface area contributed by atoms with Crippen molar-refractivity contribution < 1.29 is 27.8 Å². The number of ether oxygens (including phenoxy) is 3. The van der Waals surface area contributed by atoms with Gasteiger partial charge < -0.3 is 19.5 Å². The number of nitrogens with one attached hydrogen (secondary N) is 1. The van der Waals surface area contributed by atoms with Crippen LogP contribution >= 0.6 is 0 Å². The Balaban J connectivity index is 1.41. The molecule has 5 rings (SSSR count). The van der Waals surface area contributed by atoms with Gasteiger partial charge in [-0.15, -0.1) is 6.42 Å². The lowest BCUT2D eigenvalue weighted by Crippen LogP contribution is -2.43. The SMILES string of the molecule is C#CCN1CCCCC1COc1ccn2c(-c3cc(OC)c(C(=O)NC4CC4)c(OC(F)F)c3)cnc2c1. The number of carbonyl (C=O) groups excluding carboxylic acids is 1. The van der Waals surface area contributed by atoms with Crippen molar-refractivity contribution in [1.82, 2.24) is 19.6 Å². The fourth-order valence-corrected chi connectivity index (χ4v) is 4.83. The summed E-state index contributed by atoms with van der Waals surface area (Å²) in [6, 6.07) is 6.99. The first kappa shape index (κ1) is 25.8. The molecular weight excluding hydrogens is 494 g/mol. The number of nitrogens with zero attached hydrogens (tertiary/aromatic N) is 3. The molecule has 0 spiro atoms. The molecule has 1 unspecified atom stereocenters. The van der Waals surface area contributed by atoms with Gasteiger partial charge in [0.05, 0.1) is 25.5 Å². The molecule has 1 aliphatic heterocycles. The number of carbonyl (C=O) groups is 1. The van der Waals surface area contributed by atoms with Gasteiger partial charge in [0.2, 0.25) is 0 Å². The molecule has 200 valence electrons. The van der Waals surface area contributed by atoms with Crippen LogP contribution in [0.5, 0.6) is 17.2 Å². The third kappa shape index (κ3) is 5.68. The third-order valence-corrected chi connectivity index (χ3v) is 6.91. The summed E-state index contributed by atoms with van der Waals surface area (Å²) in [6.07, 6.45) is 14.0. The lowest BCUT2D eigenvalue weighted by molar-refractivity contribution is -0.0502. The molecule has 10 heteroatoms. The van der Waals surface area contributed by atoms with Crippen LogP contribution in [0, 0.1) is 12.3 Å². The van der Waals surface area contributed by atoms with E-state index in [1.807, 2.05) is 16.5 Å². The maximum absolute atomic E-state index is 13.3. The van der Waals surface area contributed by atoms with Crippen LogP contribution in [0.2, 0.25) is 0 Å². The van der Waals surface area contributed by atoms with Gasteiger partial charge in [-0.05, 0) is 50.4 Å². The maximum Gasteiger partial charge on any atom is 0.387 e. The molecule has 0 radical (unpaired) electrons. The molecule has 2 aromatic heterocycles. The smallest absolute Gasteiger partial charge is 0.387 e. The topological polar surface area (TPSA) is 77.3 Å². The minimum atomic E-state index is -3.11. The highest BCUT2D eigenvalue weighted by molar-refractivity contribution is 6.01. The van der Waals surface area contributed by atoms with Gasteiger partial charge in [0.25, 0.3) is 5.91 Å². The number of aromatic nitrogens is 2. The van der Waals surface area contributed by atoms with Crippen LogP contribution in [0.4, 0.5) is 8.78 Å². The second-order valence-corrected chi connectivity index (χ2v) is 9.55. The normalized spacial score (nSPS) is 17.8. The highest BCUT2D eigenvalue weighted by atomic mass is 19.3. The second kappa shape index (κ2) is 11.3. The maximum atomic E-state index is 13.3. The van der Waals surface area contributed by atoms with E-state index in [0.29, 0.717) is 35.8 Å². The lowest BCUT2D eigenvalue weighted by Gasteiger charge is -2.34. The highest BCUT2D eigenvalue weighted by Crippen LogP contribution is 2.37. The average molecular weight is 525 g/mol. The van der Waals surface area contributed by atoms with Crippen molar-refractivity contribution in [3.63, 3.8) is 0 Å². The van der Waals surface area contributed by atoms with Crippen molar-refractivity contribution in [1.29, 1.82) is 0 Å². The number of piperidine rings is 1. The Hall–Kier alpha value is -3.84. The van der Waals surface area contributed by atoms with E-state index < -0.39 is 12.5 Å². The monoisotopic (exact) mass is 524 g/mol. The summed E-state index contributed by atoms with van der Waals surface area (Å²) in [4.78, 5) is 19.6. The zero-order valence-corrected chi connectivity index (χ0v) is 21.2. The van der Waals surface area contributed by atoms with Crippen LogP contribution in [-0.2, 0) is 0 Å². The number of hydrogen-bond acceptors (Lipinski definition) is 6. The van der Waals surface area contributed by atoms with Crippen LogP contribution in [0.1, 0.15) is 42.5 Å². The van der Waals surface area contributed by atoms with Crippen LogP contribution in [-0.4, -0.2) is 65.7 Å². The lowest BCUT2D eigenvalue weighted by atomic mass is 10.0. The number of imidazole rings is 1. The Morgan fingerprint density at radius 2 is 2.05 bits per heavy atom. The molecule has 3 heterocycles. The van der Waals surface area contributed by atoms with Gasteiger partial charge in [-0.1, -0.05) is 12.3 Å². The van der Waals surface area contributed by atoms with Gasteiger partial charge in [0.15, 0.2) is 0 Å². The minimum absolute atomic E-state index is 0.0417. The van der Waals surface area contributed by atoms with E-state index in [-0.39, 0.29) is 29.1 Å². The summed E-state index contributed by atoms with van der Waals surface area (Å²) < 4.78 is 44.6. The first-order valence-electron chi connectivity index (χ1n) is 12.7. The molecule has 0 bridgehead atoms. The number of amides is 1. The van der Waals surface area contributed by atoms with Gasteiger partial charge in [0.1, 0.15) is 35.1 Å². The van der Waals surface area contributed by atoms with Gasteiger partial charge in [0, 0.05) is 29.9 Å². The van der Waals surface area contributed by atoms with Gasteiger partial charge >= 0.3 is 6.61 Å². The summed E-state index contributed by atoms with van der Waals surface area (Å²) >= 11 is 0. The van der Waals surface area contributed by atoms with E-state index in [9.17, 15) is 13.6 Å². The molecule has 2 aliphatic rings. The Morgan fingerprint density at radius 3 is 2.79 bits per heavy atom. The molecule has 8 nitrogen and oxygen atoms in total. The molecular formula is C28H30F2N4O4. The molecule has 1 aromatic carbocycles. The summed E-state index contributed by atoms with van der Waals surface area (Å²) in [5, 5.41) is 2.81. The van der Waals surface area contributed by atoms with E-state index in [4.69, 9.17) is 20.6 Å². The predicted molar refractivity (Wildman–Crippen MR) is 138 cm³/mol. The van der Waals surface area contributed by atoms with Crippen LogP contribution in [0.25, 0.3) is 16.9 Å². The van der Waals surface area contributed by atoms with Crippen LogP contribution < -0.4 is 19.5 Å². The standard InChI is InChI=1S/C28H30F2N4O4/c1-3-10-33-11-5-4-6-20(33)17-37-21-9-12-34-22(16-31-25(34)15-21)18-13-23(36-2)26(24(14-18)38-28(29)30)27(35)32-19-7-8-19/h1,9,12-16,19-20,28H,4-8,10-11,17H2,2H3,(H,32,35). The zero-order valence-electron chi connectivity index (χ0n) is 21.2. The van der Waals surface area contributed by atoms with Gasteiger partial charge in [-0.2, -0.15) is 8.78 Å². The Morgan fingerprint density at radius 1 is 1.24 bits per heavy atom. The number of likely N-dealkylation sites (tertiary alicyclic amines) is 1. The minimum Gasteiger partial charge on any atom is -0.496 e. The van der Waals surface area contributed by atoms with Crippen molar-refractivity contribution >= 4 is 11.6 Å². The summed E-state index contributed by atoms with van der Waals surface area (Å²) in [5.74, 6) is 2.77. The summed E-state index contributed by atoms with van der Waals surface area (Å²) in [7, 11) is 1.38. The quantitative estimate of drug-likeness (QED) is 0.397. The predicted octanol–water partition coefficient (Wildman–Crippen LogP) is 4.37. The number of fused-ring (bicyclic) bond motifs is 1. The van der Waals surface area contributed by atoms with Gasteiger partial charge in [-0.25, -0.2) is 4.98 Å². The number of methoxy groups -OCH3 is 1. The van der Waals surface area contributed by atoms with Gasteiger partial charge in [-0.3, -0.25) is 14.1 Å². The van der Waals surface area contributed by atoms with Crippen molar-refractivity contribution in [2.75, 3.05) is 26.8 Å². The first-order valence-corrected chi connectivity index (χ1v) is 12.7. The van der Waals surface area contributed by atoms with Crippen molar-refractivity contribution in [2.24, 2.45) is 0 Å². The number of terminal acetylenes is 1. The molecule has 2 fully saturated rings. The number of hydrogen-bond donors (Lipinski definition) is 1. The number of rotatable bonds is 10. The molecule has 1 saturated heterocycles. The Bertz CT molecular complexity index is 1350. The molecule has 1 atom stereocenters. The third-order valence-electron chi connectivity index (χ3n) is 6.91.